The van der Waals surface area contributed by atoms with Crippen molar-refractivity contribution in [1.29, 1.82) is 0 Å². The third-order valence-electron chi connectivity index (χ3n) is 3.27. The molecule has 2 unspecified atom stereocenters. The molecule has 2 rings (SSSR count). The van der Waals surface area contributed by atoms with Crippen LogP contribution in [-0.4, -0.2) is 42.9 Å². The molecule has 2 aliphatic rings. The van der Waals surface area contributed by atoms with Crippen molar-refractivity contribution in [2.45, 2.75) is 38.9 Å². The van der Waals surface area contributed by atoms with Crippen molar-refractivity contribution in [2.75, 3.05) is 26.2 Å². The molecule has 2 atom stereocenters. The van der Waals surface area contributed by atoms with Crippen LogP contribution in [0.3, 0.4) is 0 Å². The average molecular weight is 170 g/mol. The Morgan fingerprint density at radius 1 is 1.00 bits per heavy atom. The second kappa shape index (κ2) is 3.00. The molecule has 2 heterocycles. The van der Waals surface area contributed by atoms with Crippen LogP contribution in [0.5, 0.6) is 0 Å². The molecule has 0 saturated carbocycles. The van der Waals surface area contributed by atoms with Gasteiger partial charge in [0.15, 0.2) is 0 Å². The van der Waals surface area contributed by atoms with Crippen LogP contribution in [0.15, 0.2) is 0 Å². The van der Waals surface area contributed by atoms with E-state index >= 15 is 0 Å². The summed E-state index contributed by atoms with van der Waals surface area (Å²) in [5, 5.41) is 0. The highest BCUT2D eigenvalue weighted by atomic mass is 16.5. The quantitative estimate of drug-likeness (QED) is 0.499. The first-order valence-corrected chi connectivity index (χ1v) is 5.21. The summed E-state index contributed by atoms with van der Waals surface area (Å²) in [6, 6.07) is 0. The number of nitrogens with zero attached hydrogens (tertiary/aromatic N) is 1. The van der Waals surface area contributed by atoms with E-state index in [1.54, 1.807) is 0 Å². The topological polar surface area (TPSA) is 9.23 Å². The van der Waals surface area contributed by atoms with E-state index < -0.39 is 0 Å². The Morgan fingerprint density at radius 3 is 2.00 bits per heavy atom. The zero-order valence-corrected chi connectivity index (χ0v) is 8.25. The molecular weight excluding hydrogens is 150 g/mol. The van der Waals surface area contributed by atoms with Crippen LogP contribution in [0.25, 0.3) is 0 Å². The molecule has 70 valence electrons. The first kappa shape index (κ1) is 8.52. The highest BCUT2D eigenvalue weighted by molar-refractivity contribution is 4.67. The maximum Gasteiger partial charge on any atom is 0.105 e. The second-order valence-corrected chi connectivity index (χ2v) is 4.62. The second-order valence-electron chi connectivity index (χ2n) is 4.62. The molecule has 2 heteroatoms. The van der Waals surface area contributed by atoms with Crippen LogP contribution in [0.4, 0.5) is 0 Å². The SMILES string of the molecule is CC1C[N+]2(CCCC2)CC(C)O1. The molecule has 0 amide bonds. The first-order valence-electron chi connectivity index (χ1n) is 5.21. The standard InChI is InChI=1S/C10H20NO/c1-9-7-11(5-3-4-6-11)8-10(2)12-9/h9-10H,3-8H2,1-2H3/q+1. The molecular formula is C10H20NO+. The minimum Gasteiger partial charge on any atom is -0.364 e. The van der Waals surface area contributed by atoms with Gasteiger partial charge in [0.05, 0.1) is 13.1 Å². The summed E-state index contributed by atoms with van der Waals surface area (Å²) in [6.07, 6.45) is 3.82. The molecule has 0 aromatic carbocycles. The van der Waals surface area contributed by atoms with Gasteiger partial charge in [-0.3, -0.25) is 0 Å². The minimum atomic E-state index is 0.479. The third kappa shape index (κ3) is 1.50. The summed E-state index contributed by atoms with van der Waals surface area (Å²) >= 11 is 0. The van der Waals surface area contributed by atoms with E-state index in [2.05, 4.69) is 13.8 Å². The molecule has 0 aromatic heterocycles. The van der Waals surface area contributed by atoms with Crippen LogP contribution < -0.4 is 0 Å². The van der Waals surface area contributed by atoms with Crippen LogP contribution in [0.1, 0.15) is 26.7 Å². The van der Waals surface area contributed by atoms with E-state index in [4.69, 9.17) is 4.74 Å². The fourth-order valence-electron chi connectivity index (χ4n) is 3.02. The Morgan fingerprint density at radius 2 is 1.50 bits per heavy atom. The smallest absolute Gasteiger partial charge is 0.105 e. The third-order valence-corrected chi connectivity index (χ3v) is 3.27. The van der Waals surface area contributed by atoms with Crippen molar-refractivity contribution in [1.82, 2.24) is 0 Å². The molecule has 0 radical (unpaired) electrons. The molecule has 2 nitrogen and oxygen atoms in total. The van der Waals surface area contributed by atoms with Gasteiger partial charge in [0.1, 0.15) is 25.3 Å². The Hall–Kier alpha value is -0.0800. The lowest BCUT2D eigenvalue weighted by Gasteiger charge is -2.43. The predicted molar refractivity (Wildman–Crippen MR) is 49.0 cm³/mol. The Kier molecular flexibility index (Phi) is 2.13. The average Bonchev–Trinajstić information content (AvgIpc) is 2.33. The van der Waals surface area contributed by atoms with E-state index in [-0.39, 0.29) is 0 Å². The number of hydrogen-bond acceptors (Lipinski definition) is 1. The van der Waals surface area contributed by atoms with Gasteiger partial charge < -0.3 is 9.22 Å². The Balaban J connectivity index is 2.04. The molecule has 2 saturated heterocycles. The van der Waals surface area contributed by atoms with Gasteiger partial charge in [0.2, 0.25) is 0 Å². The zero-order valence-electron chi connectivity index (χ0n) is 8.25. The molecule has 12 heavy (non-hydrogen) atoms. The maximum absolute atomic E-state index is 5.76. The van der Waals surface area contributed by atoms with Crippen LogP contribution in [0.2, 0.25) is 0 Å². The number of hydrogen-bond donors (Lipinski definition) is 0. The van der Waals surface area contributed by atoms with E-state index in [9.17, 15) is 0 Å². The minimum absolute atomic E-state index is 0.479. The van der Waals surface area contributed by atoms with Gasteiger partial charge in [-0.05, 0) is 13.8 Å². The van der Waals surface area contributed by atoms with Crippen LogP contribution in [0, 0.1) is 0 Å². The molecule has 0 N–H and O–H groups in total. The van der Waals surface area contributed by atoms with Crippen LogP contribution in [-0.2, 0) is 4.74 Å². The summed E-state index contributed by atoms with van der Waals surface area (Å²) in [7, 11) is 0. The Bertz CT molecular complexity index is 151. The normalized spacial score (nSPS) is 40.5. The summed E-state index contributed by atoms with van der Waals surface area (Å²) < 4.78 is 7.11. The molecule has 0 aliphatic carbocycles. The largest absolute Gasteiger partial charge is 0.364 e. The number of ether oxygens (including phenoxy) is 1. The van der Waals surface area contributed by atoms with Crippen molar-refractivity contribution >= 4 is 0 Å². The van der Waals surface area contributed by atoms with Gasteiger partial charge in [-0.2, -0.15) is 0 Å². The number of quaternary nitrogens is 1. The predicted octanol–water partition coefficient (Wildman–Crippen LogP) is 1.40. The summed E-state index contributed by atoms with van der Waals surface area (Å²) in [5.41, 5.74) is 0. The monoisotopic (exact) mass is 170 g/mol. The van der Waals surface area contributed by atoms with Crippen molar-refractivity contribution in [3.8, 4) is 0 Å². The fraction of sp³-hybridized carbons (Fsp3) is 1.00. The van der Waals surface area contributed by atoms with E-state index in [0.29, 0.717) is 12.2 Å². The van der Waals surface area contributed by atoms with Crippen molar-refractivity contribution in [3.63, 3.8) is 0 Å². The summed E-state index contributed by atoms with van der Waals surface area (Å²) in [6.45, 7) is 9.74. The highest BCUT2D eigenvalue weighted by Gasteiger charge is 2.39. The van der Waals surface area contributed by atoms with Gasteiger partial charge >= 0.3 is 0 Å². The molecule has 2 fully saturated rings. The van der Waals surface area contributed by atoms with E-state index in [1.165, 1.54) is 43.5 Å². The first-order chi connectivity index (χ1) is 5.70. The summed E-state index contributed by atoms with van der Waals surface area (Å²) in [4.78, 5) is 0. The van der Waals surface area contributed by atoms with E-state index in [1.807, 2.05) is 0 Å². The van der Waals surface area contributed by atoms with Gasteiger partial charge in [-0.1, -0.05) is 0 Å². The van der Waals surface area contributed by atoms with Gasteiger partial charge in [-0.25, -0.2) is 0 Å². The van der Waals surface area contributed by atoms with Gasteiger partial charge in [0.25, 0.3) is 0 Å². The fourth-order valence-corrected chi connectivity index (χ4v) is 3.02. The molecule has 0 bridgehead atoms. The number of morpholine rings is 1. The maximum atomic E-state index is 5.76. The summed E-state index contributed by atoms with van der Waals surface area (Å²) in [5.74, 6) is 0. The zero-order chi connectivity index (χ0) is 8.60. The van der Waals surface area contributed by atoms with E-state index in [0.717, 1.165) is 0 Å². The lowest BCUT2D eigenvalue weighted by atomic mass is 10.2. The molecule has 2 aliphatic heterocycles. The molecule has 0 aromatic rings. The van der Waals surface area contributed by atoms with Gasteiger partial charge in [0, 0.05) is 12.8 Å². The van der Waals surface area contributed by atoms with Crippen molar-refractivity contribution in [3.05, 3.63) is 0 Å². The van der Waals surface area contributed by atoms with Crippen LogP contribution >= 0.6 is 0 Å². The molecule has 1 spiro atoms. The van der Waals surface area contributed by atoms with Crippen molar-refractivity contribution in [2.24, 2.45) is 0 Å². The number of rotatable bonds is 0. The highest BCUT2D eigenvalue weighted by Crippen LogP contribution is 2.25. The Labute approximate surface area is 75.1 Å². The van der Waals surface area contributed by atoms with Gasteiger partial charge in [-0.15, -0.1) is 0 Å². The van der Waals surface area contributed by atoms with Crippen molar-refractivity contribution < 1.29 is 9.22 Å². The lowest BCUT2D eigenvalue weighted by Crippen LogP contribution is -2.58. The lowest BCUT2D eigenvalue weighted by molar-refractivity contribution is -0.930.